The van der Waals surface area contributed by atoms with E-state index in [9.17, 15) is 4.79 Å². The van der Waals surface area contributed by atoms with Gasteiger partial charge in [-0.1, -0.05) is 91.0 Å². The van der Waals surface area contributed by atoms with Crippen LogP contribution in [0.3, 0.4) is 0 Å². The van der Waals surface area contributed by atoms with E-state index >= 15 is 0 Å². The lowest BCUT2D eigenvalue weighted by Gasteiger charge is -2.43. The summed E-state index contributed by atoms with van der Waals surface area (Å²) in [6.07, 6.45) is -1.15. The molecule has 1 amide bonds. The molecule has 3 aromatic carbocycles. The van der Waals surface area contributed by atoms with Crippen LogP contribution in [0.4, 0.5) is 0 Å². The second kappa shape index (κ2) is 11.6. The Morgan fingerprint density at radius 2 is 1.23 bits per heavy atom. The third-order valence-electron chi connectivity index (χ3n) is 6.51. The SMILES string of the molecule is O=C1C[C@@H]2[C@@H](OCc3ccccc3)[C@H](OCc3ccccc3)[C@@H](COCc3ccccc3)O[C@@H]2N1. The van der Waals surface area contributed by atoms with Crippen LogP contribution in [-0.4, -0.2) is 37.1 Å². The molecule has 0 spiro atoms. The maximum Gasteiger partial charge on any atom is 0.222 e. The van der Waals surface area contributed by atoms with Crippen LogP contribution in [0.2, 0.25) is 0 Å². The molecule has 1 N–H and O–H groups in total. The summed E-state index contributed by atoms with van der Waals surface area (Å²) >= 11 is 0. The van der Waals surface area contributed by atoms with E-state index in [2.05, 4.69) is 5.32 Å². The quantitative estimate of drug-likeness (QED) is 0.477. The molecule has 6 heteroatoms. The summed E-state index contributed by atoms with van der Waals surface area (Å²) in [5, 5.41) is 2.96. The first-order valence-electron chi connectivity index (χ1n) is 12.1. The molecule has 0 unspecified atom stereocenters. The third kappa shape index (κ3) is 6.16. The van der Waals surface area contributed by atoms with Gasteiger partial charge in [-0.25, -0.2) is 0 Å². The van der Waals surface area contributed by atoms with Crippen molar-refractivity contribution in [3.05, 3.63) is 108 Å². The molecule has 2 fully saturated rings. The highest BCUT2D eigenvalue weighted by atomic mass is 16.6. The lowest BCUT2D eigenvalue weighted by atomic mass is 9.89. The zero-order valence-electron chi connectivity index (χ0n) is 19.6. The van der Waals surface area contributed by atoms with Crippen LogP contribution in [0.5, 0.6) is 0 Å². The van der Waals surface area contributed by atoms with Crippen molar-refractivity contribution in [3.63, 3.8) is 0 Å². The van der Waals surface area contributed by atoms with Crippen molar-refractivity contribution in [1.29, 1.82) is 0 Å². The van der Waals surface area contributed by atoms with Crippen LogP contribution in [0.1, 0.15) is 23.1 Å². The number of amides is 1. The number of rotatable bonds is 10. The molecule has 182 valence electrons. The van der Waals surface area contributed by atoms with Crippen LogP contribution >= 0.6 is 0 Å². The maximum absolute atomic E-state index is 12.3. The molecule has 5 rings (SSSR count). The van der Waals surface area contributed by atoms with Gasteiger partial charge in [-0.2, -0.15) is 0 Å². The lowest BCUT2D eigenvalue weighted by Crippen LogP contribution is -2.58. The summed E-state index contributed by atoms with van der Waals surface area (Å²) < 4.78 is 25.3. The molecule has 2 aliphatic heterocycles. The highest BCUT2D eigenvalue weighted by Crippen LogP contribution is 2.36. The first kappa shape index (κ1) is 23.7. The van der Waals surface area contributed by atoms with Crippen LogP contribution in [0.25, 0.3) is 0 Å². The number of hydrogen-bond donors (Lipinski definition) is 1. The van der Waals surface area contributed by atoms with Crippen molar-refractivity contribution >= 4 is 5.91 Å². The summed E-state index contributed by atoms with van der Waals surface area (Å²) in [4.78, 5) is 12.3. The monoisotopic (exact) mass is 473 g/mol. The number of fused-ring (bicyclic) bond motifs is 1. The summed E-state index contributed by atoms with van der Waals surface area (Å²) in [5.41, 5.74) is 3.24. The molecule has 5 atom stereocenters. The van der Waals surface area contributed by atoms with E-state index in [1.165, 1.54) is 0 Å². The van der Waals surface area contributed by atoms with Crippen molar-refractivity contribution in [2.24, 2.45) is 5.92 Å². The Bertz CT molecular complexity index is 1060. The Kier molecular flexibility index (Phi) is 7.85. The van der Waals surface area contributed by atoms with Gasteiger partial charge >= 0.3 is 0 Å². The molecular weight excluding hydrogens is 442 g/mol. The van der Waals surface area contributed by atoms with Gasteiger partial charge in [-0.3, -0.25) is 4.79 Å². The Morgan fingerprint density at radius 3 is 1.80 bits per heavy atom. The maximum atomic E-state index is 12.3. The fourth-order valence-electron chi connectivity index (χ4n) is 4.75. The Morgan fingerprint density at radius 1 is 0.714 bits per heavy atom. The van der Waals surface area contributed by atoms with E-state index in [1.807, 2.05) is 91.0 Å². The Hall–Kier alpha value is -3.03. The van der Waals surface area contributed by atoms with Crippen LogP contribution in [-0.2, 0) is 43.6 Å². The van der Waals surface area contributed by atoms with Crippen LogP contribution < -0.4 is 5.32 Å². The molecule has 2 aliphatic rings. The molecule has 0 saturated carbocycles. The number of carbonyl (C=O) groups excluding carboxylic acids is 1. The van der Waals surface area contributed by atoms with Crippen molar-refractivity contribution in [2.75, 3.05) is 6.61 Å². The molecule has 2 saturated heterocycles. The number of benzene rings is 3. The Labute approximate surface area is 206 Å². The minimum Gasteiger partial charge on any atom is -0.374 e. The standard InChI is InChI=1S/C29H31NO5/c31-26-16-24-27(33-18-22-12-6-2-7-13-22)28(34-19-23-14-8-3-9-15-23)25(35-29(24)30-26)20-32-17-21-10-4-1-5-11-21/h1-15,24-25,27-29H,16-20H2,(H,30,31)/t24-,25-,27-,28-,29+/m1/s1. The van der Waals surface area contributed by atoms with Gasteiger partial charge in [0, 0.05) is 12.3 Å². The predicted molar refractivity (Wildman–Crippen MR) is 131 cm³/mol. The average Bonchev–Trinajstić information content (AvgIpc) is 3.28. The minimum atomic E-state index is -0.412. The van der Waals surface area contributed by atoms with E-state index < -0.39 is 6.23 Å². The lowest BCUT2D eigenvalue weighted by molar-refractivity contribution is -0.242. The first-order valence-corrected chi connectivity index (χ1v) is 12.1. The number of hydrogen-bond acceptors (Lipinski definition) is 5. The molecule has 6 nitrogen and oxygen atoms in total. The third-order valence-corrected chi connectivity index (χ3v) is 6.51. The van der Waals surface area contributed by atoms with Gasteiger partial charge in [-0.05, 0) is 16.7 Å². The van der Waals surface area contributed by atoms with Gasteiger partial charge in [0.25, 0.3) is 0 Å². The predicted octanol–water partition coefficient (Wildman–Crippen LogP) is 4.24. The highest BCUT2D eigenvalue weighted by molar-refractivity contribution is 5.79. The van der Waals surface area contributed by atoms with Crippen molar-refractivity contribution in [2.45, 2.75) is 50.8 Å². The summed E-state index contributed by atoms with van der Waals surface area (Å²) in [6.45, 7) is 1.67. The van der Waals surface area contributed by atoms with E-state index in [0.717, 1.165) is 16.7 Å². The zero-order valence-corrected chi connectivity index (χ0v) is 19.6. The van der Waals surface area contributed by atoms with Crippen LogP contribution in [0, 0.1) is 5.92 Å². The van der Waals surface area contributed by atoms with Crippen molar-refractivity contribution in [1.82, 2.24) is 5.32 Å². The van der Waals surface area contributed by atoms with Crippen molar-refractivity contribution < 1.29 is 23.7 Å². The smallest absolute Gasteiger partial charge is 0.222 e. The van der Waals surface area contributed by atoms with E-state index in [1.54, 1.807) is 0 Å². The number of nitrogens with one attached hydrogen (secondary N) is 1. The molecule has 3 aromatic rings. The summed E-state index contributed by atoms with van der Waals surface area (Å²) in [6, 6.07) is 30.1. The molecule has 35 heavy (non-hydrogen) atoms. The largest absolute Gasteiger partial charge is 0.374 e. The van der Waals surface area contributed by atoms with Gasteiger partial charge in [-0.15, -0.1) is 0 Å². The molecule has 0 radical (unpaired) electrons. The molecule has 0 bridgehead atoms. The Balaban J connectivity index is 1.33. The average molecular weight is 474 g/mol. The second-order valence-corrected chi connectivity index (χ2v) is 9.05. The first-order chi connectivity index (χ1) is 17.3. The van der Waals surface area contributed by atoms with E-state index in [4.69, 9.17) is 18.9 Å². The van der Waals surface area contributed by atoms with Crippen LogP contribution in [0.15, 0.2) is 91.0 Å². The minimum absolute atomic E-state index is 0.0269. The molecular formula is C29H31NO5. The fraction of sp³-hybridized carbons (Fsp3) is 0.345. The van der Waals surface area contributed by atoms with Gasteiger partial charge < -0.3 is 24.3 Å². The van der Waals surface area contributed by atoms with E-state index in [0.29, 0.717) is 32.8 Å². The van der Waals surface area contributed by atoms with Crippen molar-refractivity contribution in [3.8, 4) is 0 Å². The number of ether oxygens (including phenoxy) is 4. The zero-order chi connectivity index (χ0) is 23.9. The van der Waals surface area contributed by atoms with Gasteiger partial charge in [0.1, 0.15) is 18.4 Å². The summed E-state index contributed by atoms with van der Waals surface area (Å²) in [7, 11) is 0. The second-order valence-electron chi connectivity index (χ2n) is 9.05. The van der Waals surface area contributed by atoms with Gasteiger partial charge in [0.15, 0.2) is 0 Å². The molecule has 2 heterocycles. The highest BCUT2D eigenvalue weighted by Gasteiger charge is 2.51. The molecule has 0 aliphatic carbocycles. The number of carbonyl (C=O) groups is 1. The fourth-order valence-corrected chi connectivity index (χ4v) is 4.75. The van der Waals surface area contributed by atoms with Gasteiger partial charge in [0.05, 0.1) is 32.5 Å². The summed E-state index contributed by atoms with van der Waals surface area (Å²) in [5.74, 6) is -0.154. The van der Waals surface area contributed by atoms with E-state index in [-0.39, 0.29) is 30.1 Å². The normalized spacial score (nSPS) is 25.7. The molecule has 0 aromatic heterocycles. The topological polar surface area (TPSA) is 66.0 Å². The van der Waals surface area contributed by atoms with Gasteiger partial charge in [0.2, 0.25) is 5.91 Å².